The van der Waals surface area contributed by atoms with Gasteiger partial charge in [-0.25, -0.2) is 0 Å². The topological polar surface area (TPSA) is 44.8 Å². The van der Waals surface area contributed by atoms with Crippen LogP contribution in [0.1, 0.15) is 10.4 Å². The summed E-state index contributed by atoms with van der Waals surface area (Å²) in [6.45, 7) is 4.05. The molecule has 176 valence electrons. The van der Waals surface area contributed by atoms with E-state index in [1.807, 2.05) is 6.07 Å². The molecule has 6 heteroatoms. The van der Waals surface area contributed by atoms with Crippen LogP contribution in [0.4, 0.5) is 0 Å². The number of benzene rings is 4. The van der Waals surface area contributed by atoms with Crippen LogP contribution in [0.15, 0.2) is 54.6 Å². The predicted molar refractivity (Wildman–Crippen MR) is 130 cm³/mol. The molecule has 0 bridgehead atoms. The summed E-state index contributed by atoms with van der Waals surface area (Å²) in [4.78, 5) is 13.4. The van der Waals surface area contributed by atoms with E-state index >= 15 is 0 Å². The first-order valence-corrected chi connectivity index (χ1v) is 11.2. The van der Waals surface area contributed by atoms with E-state index in [0.29, 0.717) is 44.1 Å². The molecule has 0 radical (unpaired) electrons. The molecule has 0 saturated carbocycles. The number of Topliss-reactive ketones (excluding diaryl/α,β-unsaturated/α-hetero) is 1. The molecule has 5 nitrogen and oxygen atoms in total. The SMILES string of the molecule is COCCOCCOCC[N+](C)(C)CC(=O)c1ccc2ccc3cccc4ccc1c2c34.[Br-]. The van der Waals surface area contributed by atoms with E-state index in [1.54, 1.807) is 7.11 Å². The second-order valence-corrected chi connectivity index (χ2v) is 8.93. The van der Waals surface area contributed by atoms with Crippen molar-refractivity contribution in [1.29, 1.82) is 0 Å². The van der Waals surface area contributed by atoms with E-state index in [9.17, 15) is 4.79 Å². The van der Waals surface area contributed by atoms with E-state index < -0.39 is 0 Å². The Morgan fingerprint density at radius 2 is 1.33 bits per heavy atom. The Hall–Kier alpha value is -2.09. The zero-order valence-electron chi connectivity index (χ0n) is 19.6. The summed E-state index contributed by atoms with van der Waals surface area (Å²) in [5.74, 6) is 0.163. The zero-order chi connectivity index (χ0) is 22.6. The summed E-state index contributed by atoms with van der Waals surface area (Å²) in [6, 6.07) is 19.0. The highest BCUT2D eigenvalue weighted by Gasteiger charge is 2.23. The molecule has 4 aromatic rings. The molecule has 0 aliphatic heterocycles. The molecule has 0 heterocycles. The summed E-state index contributed by atoms with van der Waals surface area (Å²) >= 11 is 0. The highest BCUT2D eigenvalue weighted by molar-refractivity contribution is 6.26. The average molecular weight is 514 g/mol. The monoisotopic (exact) mass is 513 g/mol. The van der Waals surface area contributed by atoms with Gasteiger partial charge in [0.1, 0.15) is 13.1 Å². The summed E-state index contributed by atoms with van der Waals surface area (Å²) in [5.41, 5.74) is 0.800. The summed E-state index contributed by atoms with van der Waals surface area (Å²) in [6.07, 6.45) is 0. The normalized spacial score (nSPS) is 12.0. The summed E-state index contributed by atoms with van der Waals surface area (Å²) < 4.78 is 16.6. The third-order valence-corrected chi connectivity index (χ3v) is 6.05. The van der Waals surface area contributed by atoms with Crippen molar-refractivity contribution in [2.45, 2.75) is 0 Å². The standard InChI is InChI=1S/C27H32NO4.BrH/c1-28(2,13-14-31-17-18-32-16-15-30-3)19-25(29)23-11-9-22-8-7-20-5-4-6-21-10-12-24(23)27(22)26(20)21;/h4-12H,13-19H2,1-3H3;1H/q+1;/p-1. The van der Waals surface area contributed by atoms with Crippen LogP contribution in [0.2, 0.25) is 0 Å². The van der Waals surface area contributed by atoms with Crippen molar-refractivity contribution in [2.24, 2.45) is 0 Å². The van der Waals surface area contributed by atoms with Crippen molar-refractivity contribution in [3.63, 3.8) is 0 Å². The van der Waals surface area contributed by atoms with E-state index in [-0.39, 0.29) is 22.8 Å². The van der Waals surface area contributed by atoms with Gasteiger partial charge in [-0.1, -0.05) is 48.5 Å². The van der Waals surface area contributed by atoms with Crippen LogP contribution in [-0.4, -0.2) is 77.6 Å². The van der Waals surface area contributed by atoms with Gasteiger partial charge in [-0.3, -0.25) is 4.79 Å². The van der Waals surface area contributed by atoms with Gasteiger partial charge in [0.15, 0.2) is 0 Å². The molecule has 0 aromatic heterocycles. The van der Waals surface area contributed by atoms with Gasteiger partial charge in [0, 0.05) is 12.7 Å². The molecule has 0 saturated heterocycles. The van der Waals surface area contributed by atoms with E-state index in [1.165, 1.54) is 26.9 Å². The Morgan fingerprint density at radius 1 is 0.758 bits per heavy atom. The van der Waals surface area contributed by atoms with Gasteiger partial charge in [-0.15, -0.1) is 0 Å². The first-order valence-electron chi connectivity index (χ1n) is 11.2. The highest BCUT2D eigenvalue weighted by Crippen LogP contribution is 2.36. The second kappa shape index (κ2) is 11.4. The minimum Gasteiger partial charge on any atom is -1.00 e. The van der Waals surface area contributed by atoms with Gasteiger partial charge in [0.05, 0.1) is 47.1 Å². The van der Waals surface area contributed by atoms with Crippen molar-refractivity contribution >= 4 is 38.1 Å². The molecule has 0 spiro atoms. The molecular formula is C27H32BrNO4. The Bertz CT molecular complexity index is 1190. The van der Waals surface area contributed by atoms with Gasteiger partial charge >= 0.3 is 0 Å². The van der Waals surface area contributed by atoms with Gasteiger partial charge < -0.3 is 35.7 Å². The fourth-order valence-corrected chi connectivity index (χ4v) is 4.31. The molecule has 0 unspecified atom stereocenters. The number of ketones is 1. The number of hydrogen-bond donors (Lipinski definition) is 0. The van der Waals surface area contributed by atoms with Crippen LogP contribution in [0.3, 0.4) is 0 Å². The summed E-state index contributed by atoms with van der Waals surface area (Å²) in [5, 5.41) is 7.08. The minimum absolute atomic E-state index is 0. The number of quaternary nitrogens is 1. The lowest BCUT2D eigenvalue weighted by Gasteiger charge is -2.29. The minimum atomic E-state index is 0. The van der Waals surface area contributed by atoms with Crippen molar-refractivity contribution in [2.75, 3.05) is 67.3 Å². The molecule has 0 N–H and O–H groups in total. The van der Waals surface area contributed by atoms with Crippen molar-refractivity contribution in [1.82, 2.24) is 0 Å². The fraction of sp³-hybridized carbons (Fsp3) is 0.370. The fourth-order valence-electron chi connectivity index (χ4n) is 4.31. The Kier molecular flexibility index (Phi) is 8.79. The van der Waals surface area contributed by atoms with E-state index in [2.05, 4.69) is 62.6 Å². The maximum atomic E-state index is 13.4. The summed E-state index contributed by atoms with van der Waals surface area (Å²) in [7, 11) is 5.81. The average Bonchev–Trinajstić information content (AvgIpc) is 2.78. The lowest BCUT2D eigenvalue weighted by molar-refractivity contribution is -0.882. The number of nitrogens with zero attached hydrogens (tertiary/aromatic N) is 1. The van der Waals surface area contributed by atoms with Crippen molar-refractivity contribution < 1.29 is 40.5 Å². The molecule has 0 fully saturated rings. The molecule has 33 heavy (non-hydrogen) atoms. The zero-order valence-corrected chi connectivity index (χ0v) is 21.2. The van der Waals surface area contributed by atoms with Crippen LogP contribution >= 0.6 is 0 Å². The van der Waals surface area contributed by atoms with Crippen LogP contribution in [-0.2, 0) is 14.2 Å². The molecule has 0 aliphatic carbocycles. The second-order valence-electron chi connectivity index (χ2n) is 8.93. The van der Waals surface area contributed by atoms with Crippen LogP contribution in [0, 0.1) is 0 Å². The van der Waals surface area contributed by atoms with Crippen LogP contribution < -0.4 is 17.0 Å². The first kappa shape index (κ1) is 25.5. The number of ether oxygens (including phenoxy) is 3. The quantitative estimate of drug-likeness (QED) is 0.125. The lowest BCUT2D eigenvalue weighted by atomic mass is 9.91. The number of hydrogen-bond acceptors (Lipinski definition) is 4. The predicted octanol–water partition coefficient (Wildman–Crippen LogP) is 1.53. The maximum absolute atomic E-state index is 13.4. The number of likely N-dealkylation sites (N-methyl/N-ethyl adjacent to an activating group) is 1. The number of carbonyl (C=O) groups excluding carboxylic acids is 1. The van der Waals surface area contributed by atoms with E-state index in [0.717, 1.165) is 17.5 Å². The number of methoxy groups -OCH3 is 1. The van der Waals surface area contributed by atoms with Gasteiger partial charge in [0.25, 0.3) is 0 Å². The van der Waals surface area contributed by atoms with Gasteiger partial charge in [0.2, 0.25) is 5.78 Å². The third-order valence-electron chi connectivity index (χ3n) is 6.05. The van der Waals surface area contributed by atoms with Gasteiger partial charge in [-0.2, -0.15) is 0 Å². The Labute approximate surface area is 205 Å². The largest absolute Gasteiger partial charge is 1.00 e. The molecule has 4 aromatic carbocycles. The smallest absolute Gasteiger partial charge is 0.217 e. The molecule has 0 amide bonds. The van der Waals surface area contributed by atoms with Crippen molar-refractivity contribution in [3.05, 3.63) is 60.2 Å². The Morgan fingerprint density at radius 3 is 2.03 bits per heavy atom. The third kappa shape index (κ3) is 5.89. The van der Waals surface area contributed by atoms with Crippen molar-refractivity contribution in [3.8, 4) is 0 Å². The lowest BCUT2D eigenvalue weighted by Crippen LogP contribution is -3.00. The highest BCUT2D eigenvalue weighted by atomic mass is 79.9. The van der Waals surface area contributed by atoms with E-state index in [4.69, 9.17) is 14.2 Å². The Balaban J connectivity index is 0.00000306. The van der Waals surface area contributed by atoms with Crippen LogP contribution in [0.5, 0.6) is 0 Å². The number of carbonyl (C=O) groups is 1. The molecule has 0 atom stereocenters. The van der Waals surface area contributed by atoms with Crippen LogP contribution in [0.25, 0.3) is 32.3 Å². The first-order chi connectivity index (χ1) is 15.5. The molecule has 4 rings (SSSR count). The number of halogens is 1. The molecule has 0 aliphatic rings. The molecular weight excluding hydrogens is 482 g/mol. The number of rotatable bonds is 12. The maximum Gasteiger partial charge on any atom is 0.217 e. The van der Waals surface area contributed by atoms with Gasteiger partial charge in [-0.05, 0) is 38.4 Å².